The molecule has 1 aromatic carbocycles. The van der Waals surface area contributed by atoms with E-state index in [1.807, 2.05) is 44.3 Å². The topological polar surface area (TPSA) is 79.2 Å². The number of aromatic hydroxyl groups is 1. The fraction of sp³-hybridized carbons (Fsp3) is 0.286. The third-order valence-electron chi connectivity index (χ3n) is 2.99. The number of hydrogen-bond acceptors (Lipinski definition) is 4. The highest BCUT2D eigenvalue weighted by Crippen LogP contribution is 2.17. The van der Waals surface area contributed by atoms with Crippen LogP contribution in [0.1, 0.15) is 17.4 Å². The van der Waals surface area contributed by atoms with Crippen LogP contribution >= 0.6 is 0 Å². The highest BCUT2D eigenvalue weighted by molar-refractivity contribution is 5.94. The van der Waals surface area contributed by atoms with Crippen molar-refractivity contribution in [2.24, 2.45) is 0 Å². The van der Waals surface area contributed by atoms with Crippen LogP contribution < -0.4 is 10.6 Å². The summed E-state index contributed by atoms with van der Waals surface area (Å²) in [6.45, 7) is 2.41. The predicted molar refractivity (Wildman–Crippen MR) is 76.1 cm³/mol. The summed E-state index contributed by atoms with van der Waals surface area (Å²) in [4.78, 5) is 12.0. The maximum atomic E-state index is 12.0. The summed E-state index contributed by atoms with van der Waals surface area (Å²) in [7, 11) is 1.82. The molecule has 1 amide bonds. The fourth-order valence-corrected chi connectivity index (χ4v) is 1.67. The van der Waals surface area contributed by atoms with Crippen LogP contribution in [0.5, 0.6) is 5.75 Å². The second-order valence-corrected chi connectivity index (χ2v) is 4.54. The predicted octanol–water partition coefficient (Wildman–Crippen LogP) is 0.916. The Hall–Kier alpha value is -2.34. The van der Waals surface area contributed by atoms with Gasteiger partial charge in [-0.1, -0.05) is 18.2 Å². The van der Waals surface area contributed by atoms with Crippen molar-refractivity contribution in [3.8, 4) is 11.4 Å². The second kappa shape index (κ2) is 6.21. The second-order valence-electron chi connectivity index (χ2n) is 4.54. The Morgan fingerprint density at radius 1 is 1.40 bits per heavy atom. The molecule has 1 unspecified atom stereocenters. The van der Waals surface area contributed by atoms with Crippen molar-refractivity contribution < 1.29 is 9.90 Å². The summed E-state index contributed by atoms with van der Waals surface area (Å²) in [5.74, 6) is -0.525. The monoisotopic (exact) mass is 274 g/mol. The number of nitrogens with zero attached hydrogens (tertiary/aromatic N) is 2. The minimum absolute atomic E-state index is 0.0251. The van der Waals surface area contributed by atoms with Gasteiger partial charge in [-0.2, -0.15) is 5.10 Å². The first kappa shape index (κ1) is 14.1. The molecule has 6 heteroatoms. The quantitative estimate of drug-likeness (QED) is 0.757. The molecule has 0 bridgehead atoms. The SMILES string of the molecule is CNC(C)CNC(=O)c1nn(-c2ccccc2)cc1O. The van der Waals surface area contributed by atoms with Gasteiger partial charge in [0.1, 0.15) is 0 Å². The van der Waals surface area contributed by atoms with E-state index in [4.69, 9.17) is 0 Å². The van der Waals surface area contributed by atoms with Gasteiger partial charge < -0.3 is 15.7 Å². The molecule has 3 N–H and O–H groups in total. The molecule has 2 rings (SSSR count). The van der Waals surface area contributed by atoms with Gasteiger partial charge in [-0.05, 0) is 26.1 Å². The lowest BCUT2D eigenvalue weighted by atomic mass is 10.3. The molecule has 2 aromatic rings. The number of aromatic nitrogens is 2. The molecule has 1 aromatic heterocycles. The highest BCUT2D eigenvalue weighted by atomic mass is 16.3. The number of carbonyl (C=O) groups excluding carboxylic acids is 1. The molecule has 20 heavy (non-hydrogen) atoms. The number of rotatable bonds is 5. The maximum absolute atomic E-state index is 12.0. The van der Waals surface area contributed by atoms with Crippen LogP contribution in [0.3, 0.4) is 0 Å². The van der Waals surface area contributed by atoms with E-state index in [9.17, 15) is 9.90 Å². The largest absolute Gasteiger partial charge is 0.504 e. The molecule has 0 saturated heterocycles. The van der Waals surface area contributed by atoms with Crippen LogP contribution in [-0.2, 0) is 0 Å². The Bertz CT molecular complexity index is 580. The number of nitrogens with one attached hydrogen (secondary N) is 2. The molecule has 0 aliphatic heterocycles. The van der Waals surface area contributed by atoms with Crippen LogP contribution in [0.2, 0.25) is 0 Å². The first-order valence-electron chi connectivity index (χ1n) is 6.41. The average Bonchev–Trinajstić information content (AvgIpc) is 2.87. The molecule has 0 aliphatic rings. The molecule has 0 saturated carbocycles. The third-order valence-corrected chi connectivity index (χ3v) is 2.99. The molecule has 1 atom stereocenters. The van der Waals surface area contributed by atoms with Gasteiger partial charge in [0.15, 0.2) is 11.4 Å². The molecule has 0 radical (unpaired) electrons. The van der Waals surface area contributed by atoms with Crippen molar-refractivity contribution in [1.29, 1.82) is 0 Å². The molecule has 0 fully saturated rings. The number of hydrogen-bond donors (Lipinski definition) is 3. The minimum atomic E-state index is -0.390. The van der Waals surface area contributed by atoms with Gasteiger partial charge in [0, 0.05) is 12.6 Å². The van der Waals surface area contributed by atoms with Crippen molar-refractivity contribution in [3.05, 3.63) is 42.2 Å². The van der Waals surface area contributed by atoms with Crippen LogP contribution in [0.25, 0.3) is 5.69 Å². The summed E-state index contributed by atoms with van der Waals surface area (Å²) >= 11 is 0. The zero-order chi connectivity index (χ0) is 14.5. The van der Waals surface area contributed by atoms with Crippen molar-refractivity contribution in [2.75, 3.05) is 13.6 Å². The molecule has 6 nitrogen and oxygen atoms in total. The summed E-state index contributed by atoms with van der Waals surface area (Å²) < 4.78 is 1.48. The summed E-state index contributed by atoms with van der Waals surface area (Å²) in [5, 5.41) is 19.7. The van der Waals surface area contributed by atoms with E-state index in [2.05, 4.69) is 15.7 Å². The Balaban J connectivity index is 2.13. The fourth-order valence-electron chi connectivity index (χ4n) is 1.67. The van der Waals surface area contributed by atoms with E-state index < -0.39 is 0 Å². The first-order chi connectivity index (χ1) is 9.61. The number of amides is 1. The van der Waals surface area contributed by atoms with Gasteiger partial charge in [0.2, 0.25) is 0 Å². The number of carbonyl (C=O) groups is 1. The molecule has 0 aliphatic carbocycles. The van der Waals surface area contributed by atoms with Gasteiger partial charge in [-0.25, -0.2) is 4.68 Å². The molecular weight excluding hydrogens is 256 g/mol. The first-order valence-corrected chi connectivity index (χ1v) is 6.41. The van der Waals surface area contributed by atoms with Crippen LogP contribution in [0.15, 0.2) is 36.5 Å². The van der Waals surface area contributed by atoms with Gasteiger partial charge in [-0.3, -0.25) is 4.79 Å². The Labute approximate surface area is 117 Å². The van der Waals surface area contributed by atoms with Crippen LogP contribution in [0, 0.1) is 0 Å². The van der Waals surface area contributed by atoms with Crippen LogP contribution in [0.4, 0.5) is 0 Å². The maximum Gasteiger partial charge on any atom is 0.275 e. The summed E-state index contributed by atoms with van der Waals surface area (Å²) in [6.07, 6.45) is 1.42. The van der Waals surface area contributed by atoms with Gasteiger partial charge >= 0.3 is 0 Å². The van der Waals surface area contributed by atoms with Gasteiger partial charge in [0.05, 0.1) is 11.9 Å². The lowest BCUT2D eigenvalue weighted by molar-refractivity contribution is 0.0942. The van der Waals surface area contributed by atoms with Crippen molar-refractivity contribution in [2.45, 2.75) is 13.0 Å². The number of likely N-dealkylation sites (N-methyl/N-ethyl adjacent to an activating group) is 1. The van der Waals surface area contributed by atoms with Crippen LogP contribution in [-0.4, -0.2) is 40.4 Å². The molecule has 1 heterocycles. The van der Waals surface area contributed by atoms with Crippen molar-refractivity contribution >= 4 is 5.91 Å². The molecule has 106 valence electrons. The molecular formula is C14H18N4O2. The minimum Gasteiger partial charge on any atom is -0.504 e. The van der Waals surface area contributed by atoms with Gasteiger partial charge in [-0.15, -0.1) is 0 Å². The lowest BCUT2D eigenvalue weighted by Crippen LogP contribution is -2.37. The zero-order valence-corrected chi connectivity index (χ0v) is 11.5. The Morgan fingerprint density at radius 2 is 2.10 bits per heavy atom. The standard InChI is InChI=1S/C14H18N4O2/c1-10(15-2)8-16-14(20)13-12(19)9-18(17-13)11-6-4-3-5-7-11/h3-7,9-10,15,19H,8H2,1-2H3,(H,16,20). The smallest absolute Gasteiger partial charge is 0.275 e. The van der Waals surface area contributed by atoms with E-state index in [0.29, 0.717) is 6.54 Å². The summed E-state index contributed by atoms with van der Waals surface area (Å²) in [6, 6.07) is 9.45. The Kier molecular flexibility index (Phi) is 4.37. The third kappa shape index (κ3) is 3.16. The zero-order valence-electron chi connectivity index (χ0n) is 11.5. The summed E-state index contributed by atoms with van der Waals surface area (Å²) in [5.41, 5.74) is 0.808. The van der Waals surface area contributed by atoms with Crippen molar-refractivity contribution in [3.63, 3.8) is 0 Å². The van der Waals surface area contributed by atoms with E-state index in [1.54, 1.807) is 0 Å². The van der Waals surface area contributed by atoms with E-state index in [0.717, 1.165) is 5.69 Å². The normalized spacial score (nSPS) is 12.1. The lowest BCUT2D eigenvalue weighted by Gasteiger charge is -2.10. The van der Waals surface area contributed by atoms with Crippen molar-refractivity contribution in [1.82, 2.24) is 20.4 Å². The highest BCUT2D eigenvalue weighted by Gasteiger charge is 2.17. The number of benzene rings is 1. The van der Waals surface area contributed by atoms with Gasteiger partial charge in [0.25, 0.3) is 5.91 Å². The van der Waals surface area contributed by atoms with E-state index in [1.165, 1.54) is 10.9 Å². The van der Waals surface area contributed by atoms with E-state index in [-0.39, 0.29) is 23.4 Å². The Morgan fingerprint density at radius 3 is 2.75 bits per heavy atom. The average molecular weight is 274 g/mol. The van der Waals surface area contributed by atoms with E-state index >= 15 is 0 Å². The number of para-hydroxylation sites is 1. The molecule has 0 spiro atoms.